The summed E-state index contributed by atoms with van der Waals surface area (Å²) in [5.41, 5.74) is 5.54. The zero-order valence-electron chi connectivity index (χ0n) is 8.63. The molecule has 0 aromatic heterocycles. The molecule has 2 amide bonds. The van der Waals surface area contributed by atoms with Crippen molar-refractivity contribution in [3.63, 3.8) is 0 Å². The molecule has 76 valence electrons. The second-order valence-corrected chi connectivity index (χ2v) is 4.42. The number of nitrogens with one attached hydrogen (secondary N) is 1. The van der Waals surface area contributed by atoms with Crippen LogP contribution in [0.5, 0.6) is 0 Å². The van der Waals surface area contributed by atoms with Crippen LogP contribution in [0.1, 0.15) is 27.2 Å². The molecule has 4 nitrogen and oxygen atoms in total. The number of rotatable bonds is 3. The molecule has 4 heteroatoms. The summed E-state index contributed by atoms with van der Waals surface area (Å²) in [4.78, 5) is 13.2. The highest BCUT2D eigenvalue weighted by atomic mass is 16.2. The van der Waals surface area contributed by atoms with Crippen molar-refractivity contribution in [1.29, 1.82) is 0 Å². The lowest BCUT2D eigenvalue weighted by Crippen LogP contribution is -2.46. The second-order valence-electron chi connectivity index (χ2n) is 4.42. The number of urea groups is 1. The maximum atomic E-state index is 11.4. The minimum atomic E-state index is -0.306. The molecular formula is C9H19N3O. The molecule has 1 saturated heterocycles. The highest BCUT2D eigenvalue weighted by molar-refractivity contribution is 5.76. The molecule has 13 heavy (non-hydrogen) atoms. The van der Waals surface area contributed by atoms with E-state index in [1.54, 1.807) is 4.90 Å². The molecule has 1 unspecified atom stereocenters. The molecule has 1 aliphatic heterocycles. The Bertz CT molecular complexity index is 198. The Morgan fingerprint density at radius 2 is 2.31 bits per heavy atom. The number of carbonyl (C=O) groups is 1. The third-order valence-corrected chi connectivity index (χ3v) is 2.15. The molecule has 1 atom stereocenters. The zero-order valence-corrected chi connectivity index (χ0v) is 8.63. The van der Waals surface area contributed by atoms with Crippen LogP contribution in [0.15, 0.2) is 0 Å². The quantitative estimate of drug-likeness (QED) is 0.673. The van der Waals surface area contributed by atoms with E-state index in [2.05, 4.69) is 12.2 Å². The lowest BCUT2D eigenvalue weighted by Gasteiger charge is -2.25. The van der Waals surface area contributed by atoms with Gasteiger partial charge < -0.3 is 16.0 Å². The minimum Gasteiger partial charge on any atom is -0.333 e. The second kappa shape index (κ2) is 3.54. The van der Waals surface area contributed by atoms with Gasteiger partial charge in [-0.15, -0.1) is 0 Å². The molecule has 0 aromatic carbocycles. The molecule has 0 spiro atoms. The topological polar surface area (TPSA) is 58.4 Å². The molecule has 0 saturated carbocycles. The van der Waals surface area contributed by atoms with E-state index in [-0.39, 0.29) is 11.6 Å². The molecule has 0 aliphatic carbocycles. The van der Waals surface area contributed by atoms with Gasteiger partial charge in [-0.1, -0.05) is 6.92 Å². The highest BCUT2D eigenvalue weighted by Crippen LogP contribution is 2.10. The van der Waals surface area contributed by atoms with E-state index < -0.39 is 0 Å². The summed E-state index contributed by atoms with van der Waals surface area (Å²) in [5, 5.41) is 2.91. The smallest absolute Gasteiger partial charge is 0.317 e. The maximum absolute atomic E-state index is 11.4. The third-order valence-electron chi connectivity index (χ3n) is 2.15. The first-order valence-electron chi connectivity index (χ1n) is 4.76. The van der Waals surface area contributed by atoms with Crippen LogP contribution in [0.4, 0.5) is 4.79 Å². The summed E-state index contributed by atoms with van der Waals surface area (Å²) in [6.45, 7) is 7.34. The normalized spacial score (nSPS) is 23.5. The first-order valence-corrected chi connectivity index (χ1v) is 4.76. The van der Waals surface area contributed by atoms with Gasteiger partial charge in [0.25, 0.3) is 0 Å². The molecule has 1 aliphatic rings. The minimum absolute atomic E-state index is 0.0189. The van der Waals surface area contributed by atoms with E-state index >= 15 is 0 Å². The Labute approximate surface area is 79.5 Å². The monoisotopic (exact) mass is 185 g/mol. The van der Waals surface area contributed by atoms with Crippen LogP contribution >= 0.6 is 0 Å². The van der Waals surface area contributed by atoms with Crippen LogP contribution in [0, 0.1) is 0 Å². The molecule has 1 heterocycles. The van der Waals surface area contributed by atoms with E-state index in [0.29, 0.717) is 12.6 Å². The lowest BCUT2D eigenvalue weighted by atomic mass is 10.1. The van der Waals surface area contributed by atoms with Gasteiger partial charge in [0.15, 0.2) is 0 Å². The molecule has 0 aromatic rings. The third kappa shape index (κ3) is 2.88. The fraction of sp³-hybridized carbons (Fsp3) is 0.889. The van der Waals surface area contributed by atoms with Crippen molar-refractivity contribution < 1.29 is 4.79 Å². The fourth-order valence-corrected chi connectivity index (χ4v) is 1.52. The number of amides is 2. The van der Waals surface area contributed by atoms with Gasteiger partial charge in [0.2, 0.25) is 0 Å². The van der Waals surface area contributed by atoms with Crippen molar-refractivity contribution >= 4 is 6.03 Å². The molecule has 0 radical (unpaired) electrons. The van der Waals surface area contributed by atoms with Gasteiger partial charge >= 0.3 is 6.03 Å². The maximum Gasteiger partial charge on any atom is 0.317 e. The van der Waals surface area contributed by atoms with Crippen molar-refractivity contribution in [3.05, 3.63) is 0 Å². The van der Waals surface area contributed by atoms with Crippen molar-refractivity contribution in [1.82, 2.24) is 10.2 Å². The van der Waals surface area contributed by atoms with Crippen LogP contribution in [0.25, 0.3) is 0 Å². The van der Waals surface area contributed by atoms with Crippen LogP contribution < -0.4 is 11.1 Å². The zero-order chi connectivity index (χ0) is 10.1. The first-order chi connectivity index (χ1) is 5.92. The summed E-state index contributed by atoms with van der Waals surface area (Å²) in [6.07, 6.45) is 0.979. The van der Waals surface area contributed by atoms with E-state index in [1.807, 2.05) is 13.8 Å². The van der Waals surface area contributed by atoms with Gasteiger partial charge in [0, 0.05) is 24.7 Å². The molecule has 3 N–H and O–H groups in total. The molecular weight excluding hydrogens is 166 g/mol. The fourth-order valence-electron chi connectivity index (χ4n) is 1.52. The molecule has 0 bridgehead atoms. The summed E-state index contributed by atoms with van der Waals surface area (Å²) in [7, 11) is 0. The Hall–Kier alpha value is -0.770. The van der Waals surface area contributed by atoms with E-state index in [1.165, 1.54) is 0 Å². The van der Waals surface area contributed by atoms with Gasteiger partial charge in [-0.25, -0.2) is 4.79 Å². The van der Waals surface area contributed by atoms with Crippen molar-refractivity contribution in [2.75, 3.05) is 13.1 Å². The Kier molecular flexibility index (Phi) is 2.81. The Balaban J connectivity index is 2.49. The summed E-state index contributed by atoms with van der Waals surface area (Å²) in [6, 6.07) is 0.320. The van der Waals surface area contributed by atoms with Crippen molar-refractivity contribution in [2.45, 2.75) is 38.8 Å². The number of hydrogen-bond acceptors (Lipinski definition) is 2. The van der Waals surface area contributed by atoms with Gasteiger partial charge in [-0.2, -0.15) is 0 Å². The molecule has 1 rings (SSSR count). The molecule has 1 fully saturated rings. The first kappa shape index (κ1) is 10.3. The highest BCUT2D eigenvalue weighted by Gasteiger charge is 2.30. The van der Waals surface area contributed by atoms with Crippen molar-refractivity contribution in [2.24, 2.45) is 5.73 Å². The lowest BCUT2D eigenvalue weighted by molar-refractivity contribution is 0.207. The summed E-state index contributed by atoms with van der Waals surface area (Å²) < 4.78 is 0. The van der Waals surface area contributed by atoms with Crippen LogP contribution in [0.2, 0.25) is 0 Å². The average Bonchev–Trinajstić information content (AvgIpc) is 2.29. The number of nitrogens with two attached hydrogens (primary N) is 1. The average molecular weight is 185 g/mol. The van der Waals surface area contributed by atoms with Crippen LogP contribution in [-0.4, -0.2) is 35.6 Å². The van der Waals surface area contributed by atoms with Gasteiger partial charge in [0.05, 0.1) is 0 Å². The van der Waals surface area contributed by atoms with Crippen LogP contribution in [-0.2, 0) is 0 Å². The van der Waals surface area contributed by atoms with Crippen LogP contribution in [0.3, 0.4) is 0 Å². The number of hydrogen-bond donors (Lipinski definition) is 2. The van der Waals surface area contributed by atoms with E-state index in [9.17, 15) is 4.79 Å². The summed E-state index contributed by atoms with van der Waals surface area (Å²) in [5.74, 6) is 0. The SMILES string of the molecule is CCC1CN(CC(C)(C)N)C(=O)N1. The number of nitrogens with zero attached hydrogens (tertiary/aromatic N) is 1. The predicted octanol–water partition coefficient (Wildman–Crippen LogP) is 0.528. The Morgan fingerprint density at radius 3 is 2.69 bits per heavy atom. The van der Waals surface area contributed by atoms with E-state index in [4.69, 9.17) is 5.73 Å². The standard InChI is InChI=1S/C9H19N3O/c1-4-7-5-12(8(13)11-7)6-9(2,3)10/h7H,4-6,10H2,1-3H3,(H,11,13). The van der Waals surface area contributed by atoms with Gasteiger partial charge in [-0.05, 0) is 20.3 Å². The largest absolute Gasteiger partial charge is 0.333 e. The number of carbonyl (C=O) groups excluding carboxylic acids is 1. The predicted molar refractivity (Wildman–Crippen MR) is 52.5 cm³/mol. The van der Waals surface area contributed by atoms with Gasteiger partial charge in [0.1, 0.15) is 0 Å². The van der Waals surface area contributed by atoms with Gasteiger partial charge in [-0.3, -0.25) is 0 Å². The summed E-state index contributed by atoms with van der Waals surface area (Å²) >= 11 is 0. The van der Waals surface area contributed by atoms with Crippen molar-refractivity contribution in [3.8, 4) is 0 Å². The Morgan fingerprint density at radius 1 is 1.69 bits per heavy atom. The van der Waals surface area contributed by atoms with E-state index in [0.717, 1.165) is 13.0 Å².